The number of piperidine rings is 1. The molecule has 2 rings (SSSR count). The van der Waals surface area contributed by atoms with Crippen molar-refractivity contribution in [3.63, 3.8) is 0 Å². The van der Waals surface area contributed by atoms with E-state index in [-0.39, 0.29) is 49.8 Å². The van der Waals surface area contributed by atoms with Gasteiger partial charge in [-0.3, -0.25) is 9.59 Å². The minimum absolute atomic E-state index is 0.00442. The Kier molecular flexibility index (Phi) is 4.60. The van der Waals surface area contributed by atoms with Crippen LogP contribution >= 0.6 is 0 Å². The molecule has 114 valence electrons. The maximum atomic E-state index is 13.1. The number of hydrogen-bond acceptors (Lipinski definition) is 2. The molecular weight excluding hydrogens is 268 g/mol. The van der Waals surface area contributed by atoms with Crippen LogP contribution in [0.4, 0.5) is 8.78 Å². The lowest BCUT2D eigenvalue weighted by Crippen LogP contribution is -2.44. The minimum atomic E-state index is -2.62. The summed E-state index contributed by atoms with van der Waals surface area (Å²) in [6.45, 7) is 1.08. The molecule has 1 aliphatic heterocycles. The van der Waals surface area contributed by atoms with Gasteiger partial charge in [0.15, 0.2) is 0 Å². The highest BCUT2D eigenvalue weighted by Gasteiger charge is 2.39. The minimum Gasteiger partial charge on any atom is -0.481 e. The average Bonchev–Trinajstić information content (AvgIpc) is 2.37. The van der Waals surface area contributed by atoms with Crippen LogP contribution in [0.2, 0.25) is 0 Å². The molecule has 1 aliphatic carbocycles. The van der Waals surface area contributed by atoms with Gasteiger partial charge < -0.3 is 10.0 Å². The molecule has 0 aromatic heterocycles. The van der Waals surface area contributed by atoms with Gasteiger partial charge in [0.2, 0.25) is 11.8 Å². The van der Waals surface area contributed by atoms with Crippen molar-refractivity contribution < 1.29 is 23.5 Å². The Hall–Kier alpha value is -1.20. The zero-order valence-electron chi connectivity index (χ0n) is 11.5. The SMILES string of the molecule is O=C(O)CC1CCCN(C(=O)C2CCC(F)(F)CC2)C1. The largest absolute Gasteiger partial charge is 0.481 e. The van der Waals surface area contributed by atoms with Crippen molar-refractivity contribution in [1.82, 2.24) is 4.90 Å². The topological polar surface area (TPSA) is 57.6 Å². The van der Waals surface area contributed by atoms with Gasteiger partial charge in [0.25, 0.3) is 0 Å². The third-order valence-corrected chi connectivity index (χ3v) is 4.36. The quantitative estimate of drug-likeness (QED) is 0.868. The Morgan fingerprint density at radius 1 is 1.20 bits per heavy atom. The second-order valence-electron chi connectivity index (χ2n) is 6.02. The second-order valence-corrected chi connectivity index (χ2v) is 6.02. The molecule has 0 radical (unpaired) electrons. The monoisotopic (exact) mass is 289 g/mol. The molecular formula is C14H21F2NO3. The maximum Gasteiger partial charge on any atom is 0.303 e. The van der Waals surface area contributed by atoms with E-state index < -0.39 is 11.9 Å². The molecule has 1 amide bonds. The predicted molar refractivity (Wildman–Crippen MR) is 68.5 cm³/mol. The van der Waals surface area contributed by atoms with Crippen LogP contribution in [-0.2, 0) is 9.59 Å². The fourth-order valence-electron chi connectivity index (χ4n) is 3.22. The van der Waals surface area contributed by atoms with Crippen molar-refractivity contribution in [3.05, 3.63) is 0 Å². The summed E-state index contributed by atoms with van der Waals surface area (Å²) in [5.74, 6) is -3.84. The fraction of sp³-hybridized carbons (Fsp3) is 0.857. The Morgan fingerprint density at radius 2 is 1.85 bits per heavy atom. The summed E-state index contributed by atoms with van der Waals surface area (Å²) >= 11 is 0. The number of carbonyl (C=O) groups is 2. The number of hydrogen-bond donors (Lipinski definition) is 1. The Balaban J connectivity index is 1.87. The number of alkyl halides is 2. The van der Waals surface area contributed by atoms with Gasteiger partial charge in [0, 0.05) is 38.3 Å². The van der Waals surface area contributed by atoms with E-state index in [1.165, 1.54) is 0 Å². The lowest BCUT2D eigenvalue weighted by molar-refractivity contribution is -0.144. The smallest absolute Gasteiger partial charge is 0.303 e. The summed E-state index contributed by atoms with van der Waals surface area (Å²) in [5.41, 5.74) is 0. The highest BCUT2D eigenvalue weighted by atomic mass is 19.3. The molecule has 2 aliphatic rings. The zero-order chi connectivity index (χ0) is 14.8. The van der Waals surface area contributed by atoms with Crippen LogP contribution in [0, 0.1) is 11.8 Å². The van der Waals surface area contributed by atoms with E-state index >= 15 is 0 Å². The van der Waals surface area contributed by atoms with Crippen molar-refractivity contribution in [1.29, 1.82) is 0 Å². The van der Waals surface area contributed by atoms with E-state index in [9.17, 15) is 18.4 Å². The summed E-state index contributed by atoms with van der Waals surface area (Å²) in [6.07, 6.45) is 1.75. The van der Waals surface area contributed by atoms with E-state index in [1.807, 2.05) is 0 Å². The van der Waals surface area contributed by atoms with Crippen molar-refractivity contribution in [2.45, 2.75) is 50.9 Å². The molecule has 0 spiro atoms. The van der Waals surface area contributed by atoms with Crippen LogP contribution < -0.4 is 0 Å². The lowest BCUT2D eigenvalue weighted by atomic mass is 9.85. The van der Waals surface area contributed by atoms with Gasteiger partial charge in [-0.25, -0.2) is 8.78 Å². The van der Waals surface area contributed by atoms with Crippen molar-refractivity contribution in [2.75, 3.05) is 13.1 Å². The molecule has 1 atom stereocenters. The van der Waals surface area contributed by atoms with Gasteiger partial charge in [-0.15, -0.1) is 0 Å². The molecule has 1 saturated heterocycles. The molecule has 6 heteroatoms. The molecule has 0 bridgehead atoms. The summed E-state index contributed by atoms with van der Waals surface area (Å²) in [6, 6.07) is 0. The third kappa shape index (κ3) is 3.90. The molecule has 0 aromatic rings. The Labute approximate surface area is 117 Å². The van der Waals surface area contributed by atoms with Gasteiger partial charge in [0.1, 0.15) is 0 Å². The molecule has 4 nitrogen and oxygen atoms in total. The second kappa shape index (κ2) is 6.06. The molecule has 1 unspecified atom stereocenters. The van der Waals surface area contributed by atoms with Crippen LogP contribution in [0.5, 0.6) is 0 Å². The lowest BCUT2D eigenvalue weighted by Gasteiger charge is -2.36. The summed E-state index contributed by atoms with van der Waals surface area (Å²) in [4.78, 5) is 24.7. The van der Waals surface area contributed by atoms with E-state index in [2.05, 4.69) is 0 Å². The van der Waals surface area contributed by atoms with E-state index in [0.29, 0.717) is 13.1 Å². The number of likely N-dealkylation sites (tertiary alicyclic amines) is 1. The van der Waals surface area contributed by atoms with E-state index in [0.717, 1.165) is 12.8 Å². The zero-order valence-corrected chi connectivity index (χ0v) is 11.5. The highest BCUT2D eigenvalue weighted by molar-refractivity contribution is 5.79. The normalized spacial score (nSPS) is 27.3. The average molecular weight is 289 g/mol. The molecule has 1 N–H and O–H groups in total. The van der Waals surface area contributed by atoms with E-state index in [4.69, 9.17) is 5.11 Å². The summed E-state index contributed by atoms with van der Waals surface area (Å²) in [5, 5.41) is 8.81. The van der Waals surface area contributed by atoms with Crippen LogP contribution in [-0.4, -0.2) is 40.9 Å². The van der Waals surface area contributed by atoms with Gasteiger partial charge >= 0.3 is 5.97 Å². The predicted octanol–water partition coefficient (Wildman–Crippen LogP) is 2.53. The first kappa shape index (κ1) is 15.2. The van der Waals surface area contributed by atoms with Crippen LogP contribution in [0.1, 0.15) is 44.9 Å². The number of aliphatic carboxylic acids is 1. The number of carbonyl (C=O) groups excluding carboxylic acids is 1. The van der Waals surface area contributed by atoms with E-state index in [1.54, 1.807) is 4.90 Å². The third-order valence-electron chi connectivity index (χ3n) is 4.36. The first-order chi connectivity index (χ1) is 9.37. The highest BCUT2D eigenvalue weighted by Crippen LogP contribution is 2.37. The summed E-state index contributed by atoms with van der Waals surface area (Å²) < 4.78 is 26.2. The molecule has 0 aromatic carbocycles. The Bertz CT molecular complexity index is 377. The first-order valence-electron chi connectivity index (χ1n) is 7.26. The van der Waals surface area contributed by atoms with Crippen molar-refractivity contribution >= 4 is 11.9 Å². The molecule has 20 heavy (non-hydrogen) atoms. The molecule has 2 fully saturated rings. The number of halogens is 2. The maximum absolute atomic E-state index is 13.1. The van der Waals surface area contributed by atoms with Gasteiger partial charge in [-0.2, -0.15) is 0 Å². The fourth-order valence-corrected chi connectivity index (χ4v) is 3.22. The first-order valence-corrected chi connectivity index (χ1v) is 7.26. The number of carboxylic acid groups (broad SMARTS) is 1. The number of amides is 1. The van der Waals surface area contributed by atoms with Crippen LogP contribution in [0.15, 0.2) is 0 Å². The standard InChI is InChI=1S/C14H21F2NO3/c15-14(16)5-3-11(4-6-14)13(20)17-7-1-2-10(9-17)8-12(18)19/h10-11H,1-9H2,(H,18,19). The number of rotatable bonds is 3. The van der Waals surface area contributed by atoms with Crippen molar-refractivity contribution in [3.8, 4) is 0 Å². The van der Waals surface area contributed by atoms with Gasteiger partial charge in [-0.1, -0.05) is 0 Å². The van der Waals surface area contributed by atoms with Gasteiger partial charge in [-0.05, 0) is 31.6 Å². The summed E-state index contributed by atoms with van der Waals surface area (Å²) in [7, 11) is 0. The molecule has 1 saturated carbocycles. The molecule has 1 heterocycles. The van der Waals surface area contributed by atoms with Crippen molar-refractivity contribution in [2.24, 2.45) is 11.8 Å². The number of carboxylic acids is 1. The van der Waals surface area contributed by atoms with Crippen LogP contribution in [0.25, 0.3) is 0 Å². The Morgan fingerprint density at radius 3 is 2.45 bits per heavy atom. The van der Waals surface area contributed by atoms with Crippen LogP contribution in [0.3, 0.4) is 0 Å². The van der Waals surface area contributed by atoms with Gasteiger partial charge in [0.05, 0.1) is 0 Å². The number of nitrogens with zero attached hydrogens (tertiary/aromatic N) is 1.